The van der Waals surface area contributed by atoms with Gasteiger partial charge in [-0.1, -0.05) is 37.9 Å². The van der Waals surface area contributed by atoms with Crippen molar-refractivity contribution >= 4 is 44.9 Å². The van der Waals surface area contributed by atoms with E-state index >= 15 is 0 Å². The number of nitrogens with one attached hydrogen (secondary N) is 2. The number of anilines is 1. The van der Waals surface area contributed by atoms with Crippen LogP contribution in [0.4, 0.5) is 5.69 Å². The highest BCUT2D eigenvalue weighted by atomic mass is 32.2. The van der Waals surface area contributed by atoms with Crippen molar-refractivity contribution in [1.29, 1.82) is 0 Å². The second-order valence-corrected chi connectivity index (χ2v) is 7.92. The first-order chi connectivity index (χ1) is 9.99. The maximum Gasteiger partial charge on any atom is 0.266 e. The van der Waals surface area contributed by atoms with E-state index in [9.17, 15) is 8.42 Å². The summed E-state index contributed by atoms with van der Waals surface area (Å²) in [6, 6.07) is 1.98. The Hall–Kier alpha value is -0.860. The molecule has 1 aromatic rings. The number of thiol groups is 1. The van der Waals surface area contributed by atoms with E-state index in [1.807, 2.05) is 0 Å². The lowest BCUT2D eigenvalue weighted by Crippen LogP contribution is -2.28. The smallest absolute Gasteiger partial charge is 0.266 e. The minimum absolute atomic E-state index is 0.0840. The minimum atomic E-state index is -3.74. The molecule has 0 aliphatic heterocycles. The summed E-state index contributed by atoms with van der Waals surface area (Å²) in [5.41, 5.74) is 0.564. The Balaban J connectivity index is 2.22. The van der Waals surface area contributed by atoms with Crippen molar-refractivity contribution < 1.29 is 8.42 Å². The predicted molar refractivity (Wildman–Crippen MR) is 91.3 cm³/mol. The maximum absolute atomic E-state index is 12.2. The molecular formula is C13H19N3O2S3. The van der Waals surface area contributed by atoms with Crippen LogP contribution in [0.2, 0.25) is 0 Å². The van der Waals surface area contributed by atoms with Gasteiger partial charge in [-0.3, -0.25) is 9.71 Å². The first-order valence-corrected chi connectivity index (χ1v) is 9.29. The fourth-order valence-electron chi connectivity index (χ4n) is 2.53. The van der Waals surface area contributed by atoms with E-state index in [-0.39, 0.29) is 9.22 Å². The highest BCUT2D eigenvalue weighted by Crippen LogP contribution is 2.25. The van der Waals surface area contributed by atoms with Crippen molar-refractivity contribution in [2.75, 3.05) is 5.32 Å². The number of nitrogens with zero attached hydrogens (tertiary/aromatic N) is 1. The van der Waals surface area contributed by atoms with Crippen LogP contribution in [0, 0.1) is 0 Å². The van der Waals surface area contributed by atoms with E-state index < -0.39 is 10.0 Å². The van der Waals surface area contributed by atoms with Crippen molar-refractivity contribution in [3.8, 4) is 0 Å². The Morgan fingerprint density at radius 3 is 2.57 bits per heavy atom. The Bertz CT molecular complexity index is 596. The molecule has 0 atom stereocenters. The summed E-state index contributed by atoms with van der Waals surface area (Å²) in [5, 5.41) is 3.34. The summed E-state index contributed by atoms with van der Waals surface area (Å²) in [6.07, 6.45) is 9.85. The third-order valence-electron chi connectivity index (χ3n) is 3.51. The molecule has 2 N–H and O–H groups in total. The lowest BCUT2D eigenvalue weighted by molar-refractivity contribution is 0.591. The van der Waals surface area contributed by atoms with Gasteiger partial charge >= 0.3 is 0 Å². The molecule has 0 saturated heterocycles. The summed E-state index contributed by atoms with van der Waals surface area (Å²) >= 11 is 8.52. The average Bonchev–Trinajstić information content (AvgIpc) is 2.66. The zero-order valence-electron chi connectivity index (χ0n) is 11.6. The number of aromatic nitrogens is 1. The van der Waals surface area contributed by atoms with Gasteiger partial charge in [-0.25, -0.2) is 8.42 Å². The third kappa shape index (κ3) is 4.82. The van der Waals surface area contributed by atoms with Crippen LogP contribution in [-0.4, -0.2) is 23.8 Å². The van der Waals surface area contributed by atoms with Crippen LogP contribution in [0.15, 0.2) is 23.4 Å². The molecule has 1 aliphatic carbocycles. The summed E-state index contributed by atoms with van der Waals surface area (Å²) in [6.45, 7) is 0. The van der Waals surface area contributed by atoms with Gasteiger partial charge in [0.15, 0.2) is 0 Å². The molecule has 0 amide bonds. The zero-order chi connectivity index (χ0) is 15.3. The van der Waals surface area contributed by atoms with Gasteiger partial charge < -0.3 is 5.32 Å². The number of hydrogen-bond acceptors (Lipinski definition) is 5. The Labute approximate surface area is 136 Å². The van der Waals surface area contributed by atoms with Crippen molar-refractivity contribution in [3.63, 3.8) is 0 Å². The molecular weight excluding hydrogens is 326 g/mol. The molecule has 5 nitrogen and oxygen atoms in total. The van der Waals surface area contributed by atoms with Crippen molar-refractivity contribution in [2.24, 2.45) is 0 Å². The Morgan fingerprint density at radius 2 is 1.95 bits per heavy atom. The third-order valence-corrected chi connectivity index (χ3v) is 5.38. The first kappa shape index (κ1) is 16.5. The molecule has 0 aromatic carbocycles. The Kier molecular flexibility index (Phi) is 5.83. The monoisotopic (exact) mass is 345 g/mol. The average molecular weight is 346 g/mol. The quantitative estimate of drug-likeness (QED) is 0.445. The normalized spacial score (nSPS) is 17.0. The van der Waals surface area contributed by atoms with Crippen LogP contribution in [-0.2, 0) is 10.0 Å². The van der Waals surface area contributed by atoms with E-state index in [0.717, 1.165) is 12.8 Å². The van der Waals surface area contributed by atoms with Gasteiger partial charge in [0.2, 0.25) is 0 Å². The number of hydrogen-bond donors (Lipinski definition) is 3. The molecule has 0 bridgehead atoms. The van der Waals surface area contributed by atoms with E-state index in [0.29, 0.717) is 11.7 Å². The standard InChI is InChI=1S/C13H19N3O2S3/c17-21(18,16-13(19)20)12-9-14-8-7-11(12)15-10-5-3-1-2-4-6-10/h7-10H,1-6H2,(H,14,15)(H2,16,19,20). The van der Waals surface area contributed by atoms with Crippen LogP contribution in [0.1, 0.15) is 38.5 Å². The largest absolute Gasteiger partial charge is 0.381 e. The number of thiocarbonyl (C=S) groups is 1. The molecule has 8 heteroatoms. The molecule has 0 unspecified atom stereocenters. The molecule has 1 saturated carbocycles. The zero-order valence-corrected chi connectivity index (χ0v) is 14.1. The number of pyridine rings is 1. The van der Waals surface area contributed by atoms with Crippen LogP contribution in [0.3, 0.4) is 0 Å². The highest BCUT2D eigenvalue weighted by molar-refractivity contribution is 8.12. The molecule has 1 heterocycles. The fraction of sp³-hybridized carbons (Fsp3) is 0.538. The van der Waals surface area contributed by atoms with E-state index in [4.69, 9.17) is 12.2 Å². The van der Waals surface area contributed by atoms with Gasteiger partial charge in [-0.2, -0.15) is 0 Å². The fourth-order valence-corrected chi connectivity index (χ4v) is 4.17. The summed E-state index contributed by atoms with van der Waals surface area (Å²) in [7, 11) is -3.74. The minimum Gasteiger partial charge on any atom is -0.381 e. The summed E-state index contributed by atoms with van der Waals surface area (Å²) in [5.74, 6) is 0. The number of sulfonamides is 1. The van der Waals surface area contributed by atoms with Crippen LogP contribution >= 0.6 is 24.8 Å². The lowest BCUT2D eigenvalue weighted by Gasteiger charge is -2.19. The second-order valence-electron chi connectivity index (χ2n) is 5.12. The van der Waals surface area contributed by atoms with Gasteiger partial charge in [-0.05, 0) is 18.9 Å². The van der Waals surface area contributed by atoms with Gasteiger partial charge in [0, 0.05) is 18.4 Å². The van der Waals surface area contributed by atoms with Gasteiger partial charge in [0.1, 0.15) is 9.22 Å². The molecule has 1 aromatic heterocycles. The summed E-state index contributed by atoms with van der Waals surface area (Å²) < 4.78 is 26.6. The SMILES string of the molecule is O=S(=O)(NC(=S)S)c1cnccc1NC1CCCCCC1. The molecule has 0 spiro atoms. The topological polar surface area (TPSA) is 71.1 Å². The van der Waals surface area contributed by atoms with Crippen molar-refractivity contribution in [2.45, 2.75) is 49.5 Å². The lowest BCUT2D eigenvalue weighted by atomic mass is 10.1. The predicted octanol–water partition coefficient (Wildman–Crippen LogP) is 2.71. The number of rotatable bonds is 4. The van der Waals surface area contributed by atoms with E-state index in [1.54, 1.807) is 12.3 Å². The maximum atomic E-state index is 12.2. The van der Waals surface area contributed by atoms with E-state index in [1.165, 1.54) is 31.9 Å². The van der Waals surface area contributed by atoms with Crippen molar-refractivity contribution in [1.82, 2.24) is 9.71 Å². The summed E-state index contributed by atoms with van der Waals surface area (Å²) in [4.78, 5) is 4.01. The van der Waals surface area contributed by atoms with Gasteiger partial charge in [0.25, 0.3) is 10.0 Å². The molecule has 1 aliphatic rings. The molecule has 1 fully saturated rings. The van der Waals surface area contributed by atoms with Gasteiger partial charge in [-0.15, -0.1) is 12.6 Å². The van der Waals surface area contributed by atoms with Crippen molar-refractivity contribution in [3.05, 3.63) is 18.5 Å². The molecule has 2 rings (SSSR count). The molecule has 21 heavy (non-hydrogen) atoms. The van der Waals surface area contributed by atoms with Crippen LogP contribution < -0.4 is 10.0 Å². The van der Waals surface area contributed by atoms with Crippen LogP contribution in [0.25, 0.3) is 0 Å². The molecule has 0 radical (unpaired) electrons. The molecule has 116 valence electrons. The van der Waals surface area contributed by atoms with E-state index in [2.05, 4.69) is 27.7 Å². The Morgan fingerprint density at radius 1 is 1.29 bits per heavy atom. The van der Waals surface area contributed by atoms with Crippen LogP contribution in [0.5, 0.6) is 0 Å². The highest BCUT2D eigenvalue weighted by Gasteiger charge is 2.21. The van der Waals surface area contributed by atoms with Gasteiger partial charge in [0.05, 0.1) is 5.69 Å². The first-order valence-electron chi connectivity index (χ1n) is 6.95. The second kappa shape index (κ2) is 7.42.